The van der Waals surface area contributed by atoms with Crippen molar-refractivity contribution in [1.82, 2.24) is 0 Å². The van der Waals surface area contributed by atoms with Gasteiger partial charge in [0.25, 0.3) is 0 Å². The second-order valence-electron chi connectivity index (χ2n) is 8.18. The highest BCUT2D eigenvalue weighted by Crippen LogP contribution is 2.36. The molecular weight excluding hydrogens is 420 g/mol. The number of hydrogen-bond donors (Lipinski definition) is 1. The standard InChI is InChI=1S/C31H30O3/c1-3-7-30(24-8-5-4-6-9-24)31(25-12-16-27(32)17-13-25)26-14-20-29(21-15-26)34-22-23-10-18-28(33-2)19-11-23/h4-6,8-21,32H,3,7,22H2,1-2H3/b31-30+. The van der Waals surface area contributed by atoms with Gasteiger partial charge < -0.3 is 14.6 Å². The Morgan fingerprint density at radius 3 is 1.85 bits per heavy atom. The summed E-state index contributed by atoms with van der Waals surface area (Å²) in [5.74, 6) is 1.92. The quantitative estimate of drug-likeness (QED) is 0.265. The average molecular weight is 451 g/mol. The molecule has 4 aromatic rings. The first-order valence-electron chi connectivity index (χ1n) is 11.6. The lowest BCUT2D eigenvalue weighted by atomic mass is 9.87. The summed E-state index contributed by atoms with van der Waals surface area (Å²) in [5, 5.41) is 9.85. The van der Waals surface area contributed by atoms with E-state index in [1.165, 1.54) is 16.7 Å². The predicted molar refractivity (Wildman–Crippen MR) is 139 cm³/mol. The normalized spacial score (nSPS) is 11.6. The van der Waals surface area contributed by atoms with E-state index in [2.05, 4.69) is 43.3 Å². The molecule has 3 nitrogen and oxygen atoms in total. The number of rotatable bonds is 9. The van der Waals surface area contributed by atoms with Gasteiger partial charge >= 0.3 is 0 Å². The van der Waals surface area contributed by atoms with Crippen LogP contribution in [0.25, 0.3) is 11.1 Å². The zero-order valence-electron chi connectivity index (χ0n) is 19.7. The first-order chi connectivity index (χ1) is 16.7. The molecule has 0 unspecified atom stereocenters. The van der Waals surface area contributed by atoms with E-state index in [1.807, 2.05) is 54.6 Å². The van der Waals surface area contributed by atoms with E-state index in [-0.39, 0.29) is 5.75 Å². The molecule has 0 spiro atoms. The molecule has 0 radical (unpaired) electrons. The first-order valence-corrected chi connectivity index (χ1v) is 11.6. The third kappa shape index (κ3) is 5.68. The fourth-order valence-electron chi connectivity index (χ4n) is 4.05. The maximum absolute atomic E-state index is 9.85. The summed E-state index contributed by atoms with van der Waals surface area (Å²) in [4.78, 5) is 0. The minimum atomic E-state index is 0.266. The summed E-state index contributed by atoms with van der Waals surface area (Å²) in [6, 6.07) is 34.2. The van der Waals surface area contributed by atoms with Crippen LogP contribution in [0.3, 0.4) is 0 Å². The van der Waals surface area contributed by atoms with Crippen molar-refractivity contribution in [3.63, 3.8) is 0 Å². The fraction of sp³-hybridized carbons (Fsp3) is 0.161. The van der Waals surface area contributed by atoms with Crippen molar-refractivity contribution in [1.29, 1.82) is 0 Å². The van der Waals surface area contributed by atoms with Crippen LogP contribution in [0.5, 0.6) is 17.2 Å². The van der Waals surface area contributed by atoms with Crippen LogP contribution >= 0.6 is 0 Å². The van der Waals surface area contributed by atoms with Crippen LogP contribution in [0.4, 0.5) is 0 Å². The topological polar surface area (TPSA) is 38.7 Å². The third-order valence-corrected chi connectivity index (χ3v) is 5.79. The highest BCUT2D eigenvalue weighted by Gasteiger charge is 2.14. The Kier molecular flexibility index (Phi) is 7.67. The van der Waals surface area contributed by atoms with Crippen molar-refractivity contribution in [3.8, 4) is 17.2 Å². The molecule has 0 amide bonds. The van der Waals surface area contributed by atoms with Gasteiger partial charge in [0.05, 0.1) is 7.11 Å². The van der Waals surface area contributed by atoms with E-state index < -0.39 is 0 Å². The maximum atomic E-state index is 9.85. The van der Waals surface area contributed by atoms with Crippen molar-refractivity contribution in [2.24, 2.45) is 0 Å². The van der Waals surface area contributed by atoms with Gasteiger partial charge in [-0.2, -0.15) is 0 Å². The number of aromatic hydroxyl groups is 1. The van der Waals surface area contributed by atoms with Crippen molar-refractivity contribution < 1.29 is 14.6 Å². The lowest BCUT2D eigenvalue weighted by molar-refractivity contribution is 0.306. The average Bonchev–Trinajstić information content (AvgIpc) is 2.89. The molecule has 4 aromatic carbocycles. The van der Waals surface area contributed by atoms with Crippen molar-refractivity contribution in [2.75, 3.05) is 7.11 Å². The van der Waals surface area contributed by atoms with E-state index in [0.717, 1.165) is 41.0 Å². The molecule has 0 saturated carbocycles. The molecule has 0 aliphatic heterocycles. The molecule has 0 heterocycles. The maximum Gasteiger partial charge on any atom is 0.119 e. The van der Waals surface area contributed by atoms with Gasteiger partial charge in [-0.15, -0.1) is 0 Å². The fourth-order valence-corrected chi connectivity index (χ4v) is 4.05. The molecule has 0 aliphatic rings. The second kappa shape index (κ2) is 11.2. The van der Waals surface area contributed by atoms with E-state index in [9.17, 15) is 5.11 Å². The Labute approximate surface area is 201 Å². The molecular formula is C31H30O3. The summed E-state index contributed by atoms with van der Waals surface area (Å²) in [5.41, 5.74) is 6.97. The van der Waals surface area contributed by atoms with Gasteiger partial charge in [-0.1, -0.05) is 80.1 Å². The number of hydrogen-bond acceptors (Lipinski definition) is 3. The van der Waals surface area contributed by atoms with Crippen LogP contribution in [-0.2, 0) is 6.61 Å². The molecule has 0 aromatic heterocycles. The van der Waals surface area contributed by atoms with Crippen LogP contribution in [0.15, 0.2) is 103 Å². The Hall–Kier alpha value is -3.98. The highest BCUT2D eigenvalue weighted by molar-refractivity contribution is 5.98. The van der Waals surface area contributed by atoms with Crippen LogP contribution < -0.4 is 9.47 Å². The van der Waals surface area contributed by atoms with Gasteiger partial charge in [-0.05, 0) is 76.2 Å². The highest BCUT2D eigenvalue weighted by atomic mass is 16.5. The van der Waals surface area contributed by atoms with E-state index in [0.29, 0.717) is 6.61 Å². The number of phenolic OH excluding ortho intramolecular Hbond substituents is 1. The minimum Gasteiger partial charge on any atom is -0.508 e. The molecule has 0 fully saturated rings. The van der Waals surface area contributed by atoms with Crippen molar-refractivity contribution >= 4 is 11.1 Å². The monoisotopic (exact) mass is 450 g/mol. The zero-order chi connectivity index (χ0) is 23.8. The van der Waals surface area contributed by atoms with E-state index >= 15 is 0 Å². The van der Waals surface area contributed by atoms with Crippen LogP contribution in [0.1, 0.15) is 42.0 Å². The summed E-state index contributed by atoms with van der Waals surface area (Å²) >= 11 is 0. The molecule has 1 N–H and O–H groups in total. The van der Waals surface area contributed by atoms with Crippen LogP contribution in [-0.4, -0.2) is 12.2 Å². The van der Waals surface area contributed by atoms with E-state index in [1.54, 1.807) is 19.2 Å². The summed E-state index contributed by atoms with van der Waals surface area (Å²) < 4.78 is 11.2. The number of allylic oxidation sites excluding steroid dienone is 1. The summed E-state index contributed by atoms with van der Waals surface area (Å²) in [6.07, 6.45) is 1.99. The number of benzene rings is 4. The van der Waals surface area contributed by atoms with Crippen molar-refractivity contribution in [3.05, 3.63) is 125 Å². The van der Waals surface area contributed by atoms with E-state index in [4.69, 9.17) is 9.47 Å². The number of methoxy groups -OCH3 is 1. The second-order valence-corrected chi connectivity index (χ2v) is 8.18. The van der Waals surface area contributed by atoms with Crippen LogP contribution in [0.2, 0.25) is 0 Å². The molecule has 172 valence electrons. The molecule has 0 saturated heterocycles. The molecule has 4 rings (SSSR count). The largest absolute Gasteiger partial charge is 0.508 e. The van der Waals surface area contributed by atoms with Gasteiger partial charge in [-0.3, -0.25) is 0 Å². The molecule has 34 heavy (non-hydrogen) atoms. The first kappa shape index (κ1) is 23.2. The van der Waals surface area contributed by atoms with Gasteiger partial charge in [0.2, 0.25) is 0 Å². The summed E-state index contributed by atoms with van der Waals surface area (Å²) in [6.45, 7) is 2.70. The third-order valence-electron chi connectivity index (χ3n) is 5.79. The number of ether oxygens (including phenoxy) is 2. The lowest BCUT2D eigenvalue weighted by Gasteiger charge is -2.18. The Balaban J connectivity index is 1.66. The van der Waals surface area contributed by atoms with Gasteiger partial charge in [-0.25, -0.2) is 0 Å². The van der Waals surface area contributed by atoms with Gasteiger partial charge in [0.15, 0.2) is 0 Å². The van der Waals surface area contributed by atoms with Crippen molar-refractivity contribution in [2.45, 2.75) is 26.4 Å². The molecule has 0 bridgehead atoms. The molecule has 0 atom stereocenters. The van der Waals surface area contributed by atoms with Crippen LogP contribution in [0, 0.1) is 0 Å². The van der Waals surface area contributed by atoms with Gasteiger partial charge in [0, 0.05) is 0 Å². The zero-order valence-corrected chi connectivity index (χ0v) is 19.7. The SMILES string of the molecule is CCC/C(=C(/c1ccc(O)cc1)c1ccc(OCc2ccc(OC)cc2)cc1)c1ccccc1. The molecule has 0 aliphatic carbocycles. The predicted octanol–water partition coefficient (Wildman–Crippen LogP) is 7.74. The lowest BCUT2D eigenvalue weighted by Crippen LogP contribution is -1.98. The van der Waals surface area contributed by atoms with Gasteiger partial charge in [0.1, 0.15) is 23.9 Å². The molecule has 3 heteroatoms. The smallest absolute Gasteiger partial charge is 0.119 e. The number of phenols is 1. The Morgan fingerprint density at radius 1 is 0.676 bits per heavy atom. The summed E-state index contributed by atoms with van der Waals surface area (Å²) in [7, 11) is 1.66. The Morgan fingerprint density at radius 2 is 1.26 bits per heavy atom. The Bertz CT molecular complexity index is 1210. The minimum absolute atomic E-state index is 0.266.